The van der Waals surface area contributed by atoms with Crippen molar-refractivity contribution < 1.29 is 9.59 Å². The molecule has 1 aromatic carbocycles. The molecule has 2 aliphatic rings. The summed E-state index contributed by atoms with van der Waals surface area (Å²) in [6.45, 7) is 4.39. The van der Waals surface area contributed by atoms with E-state index in [9.17, 15) is 9.59 Å². The molecule has 3 rings (SSSR count). The average Bonchev–Trinajstić information content (AvgIpc) is 2.78. The Balaban J connectivity index is 1.80. The van der Waals surface area contributed by atoms with Gasteiger partial charge in [-0.25, -0.2) is 4.79 Å². The molecule has 6 nitrogen and oxygen atoms in total. The summed E-state index contributed by atoms with van der Waals surface area (Å²) < 4.78 is 0. The molecule has 118 valence electrons. The first-order chi connectivity index (χ1) is 10.6. The largest absolute Gasteiger partial charge is 0.373 e. The van der Waals surface area contributed by atoms with Gasteiger partial charge in [-0.2, -0.15) is 0 Å². The molecule has 0 aromatic heterocycles. The van der Waals surface area contributed by atoms with Crippen molar-refractivity contribution in [2.24, 2.45) is 0 Å². The third kappa shape index (κ3) is 2.61. The van der Waals surface area contributed by atoms with Gasteiger partial charge >= 0.3 is 6.03 Å². The van der Waals surface area contributed by atoms with Crippen LogP contribution in [0.25, 0.3) is 0 Å². The Hall–Kier alpha value is -2.24. The molecule has 0 aliphatic carbocycles. The second kappa shape index (κ2) is 5.87. The third-order valence-electron chi connectivity index (χ3n) is 4.52. The van der Waals surface area contributed by atoms with Gasteiger partial charge in [0.2, 0.25) is 5.91 Å². The monoisotopic (exact) mass is 302 g/mol. The molecule has 0 unspecified atom stereocenters. The summed E-state index contributed by atoms with van der Waals surface area (Å²) >= 11 is 0. The SMILES string of the molecule is C[C@@H]1CCN(C)c2ccccc2N1CCN1C(=O)CNC1=O. The number of para-hydroxylation sites is 2. The van der Waals surface area contributed by atoms with E-state index in [1.807, 2.05) is 12.1 Å². The number of hydrogen-bond acceptors (Lipinski definition) is 4. The number of carbonyl (C=O) groups is 2. The molecule has 3 amide bonds. The van der Waals surface area contributed by atoms with Crippen molar-refractivity contribution in [1.29, 1.82) is 0 Å². The molecule has 1 aromatic rings. The Morgan fingerprint density at radius 1 is 1.18 bits per heavy atom. The van der Waals surface area contributed by atoms with E-state index < -0.39 is 0 Å². The Morgan fingerprint density at radius 2 is 1.91 bits per heavy atom. The standard InChI is InChI=1S/C16H22N4O2/c1-12-7-8-18(2)13-5-3-4-6-14(13)19(12)9-10-20-15(21)11-17-16(20)22/h3-6,12H,7-11H2,1-2H3,(H,17,22)/t12-/m1/s1. The molecule has 0 bridgehead atoms. The number of benzene rings is 1. The van der Waals surface area contributed by atoms with Gasteiger partial charge in [-0.05, 0) is 25.5 Å². The fourth-order valence-electron chi connectivity index (χ4n) is 3.15. The minimum absolute atomic E-state index is 0.119. The number of anilines is 2. The smallest absolute Gasteiger partial charge is 0.324 e. The number of fused-ring (bicyclic) bond motifs is 1. The summed E-state index contributed by atoms with van der Waals surface area (Å²) in [6.07, 6.45) is 1.05. The zero-order valence-corrected chi connectivity index (χ0v) is 13.1. The molecule has 1 saturated heterocycles. The number of hydrogen-bond donors (Lipinski definition) is 1. The predicted molar refractivity (Wildman–Crippen MR) is 86.2 cm³/mol. The topological polar surface area (TPSA) is 55.9 Å². The molecule has 1 atom stereocenters. The van der Waals surface area contributed by atoms with Gasteiger partial charge in [0.25, 0.3) is 0 Å². The predicted octanol–water partition coefficient (Wildman–Crippen LogP) is 1.27. The van der Waals surface area contributed by atoms with Gasteiger partial charge in [0.1, 0.15) is 0 Å². The van der Waals surface area contributed by atoms with Crippen molar-refractivity contribution in [3.8, 4) is 0 Å². The zero-order chi connectivity index (χ0) is 15.7. The molecule has 22 heavy (non-hydrogen) atoms. The van der Waals surface area contributed by atoms with E-state index in [0.29, 0.717) is 19.1 Å². The van der Waals surface area contributed by atoms with Crippen molar-refractivity contribution in [3.05, 3.63) is 24.3 Å². The fourth-order valence-corrected chi connectivity index (χ4v) is 3.15. The highest BCUT2D eigenvalue weighted by Gasteiger charge is 2.30. The lowest BCUT2D eigenvalue weighted by molar-refractivity contribution is -0.124. The molecule has 0 radical (unpaired) electrons. The summed E-state index contributed by atoms with van der Waals surface area (Å²) in [5.41, 5.74) is 2.37. The van der Waals surface area contributed by atoms with Crippen LogP contribution in [0.5, 0.6) is 0 Å². The minimum Gasteiger partial charge on any atom is -0.373 e. The van der Waals surface area contributed by atoms with Crippen molar-refractivity contribution in [1.82, 2.24) is 10.2 Å². The quantitative estimate of drug-likeness (QED) is 0.855. The van der Waals surface area contributed by atoms with E-state index in [1.54, 1.807) is 0 Å². The van der Waals surface area contributed by atoms with Crippen LogP contribution < -0.4 is 15.1 Å². The van der Waals surface area contributed by atoms with Crippen LogP contribution in [0.1, 0.15) is 13.3 Å². The lowest BCUT2D eigenvalue weighted by atomic mass is 10.2. The van der Waals surface area contributed by atoms with Gasteiger partial charge in [-0.3, -0.25) is 9.69 Å². The first-order valence-electron chi connectivity index (χ1n) is 7.73. The van der Waals surface area contributed by atoms with Crippen LogP contribution in [-0.4, -0.2) is 56.1 Å². The van der Waals surface area contributed by atoms with Gasteiger partial charge in [-0.1, -0.05) is 12.1 Å². The molecular formula is C16H22N4O2. The number of imide groups is 1. The van der Waals surface area contributed by atoms with Crippen LogP contribution >= 0.6 is 0 Å². The van der Waals surface area contributed by atoms with E-state index in [4.69, 9.17) is 0 Å². The molecule has 1 N–H and O–H groups in total. The maximum absolute atomic E-state index is 11.7. The Kier molecular flexibility index (Phi) is 3.92. The fraction of sp³-hybridized carbons (Fsp3) is 0.500. The van der Waals surface area contributed by atoms with Gasteiger partial charge in [0.05, 0.1) is 17.9 Å². The van der Waals surface area contributed by atoms with Crippen LogP contribution in [-0.2, 0) is 4.79 Å². The first kappa shape index (κ1) is 14.7. The normalized spacial score (nSPS) is 21.7. The summed E-state index contributed by atoms with van der Waals surface area (Å²) in [6, 6.07) is 8.39. The molecule has 0 spiro atoms. The van der Waals surface area contributed by atoms with E-state index in [2.05, 4.69) is 41.2 Å². The van der Waals surface area contributed by atoms with Gasteiger partial charge in [0, 0.05) is 32.7 Å². The number of carbonyl (C=O) groups excluding carboxylic acids is 2. The summed E-state index contributed by atoms with van der Waals surface area (Å²) in [7, 11) is 2.10. The van der Waals surface area contributed by atoms with Crippen LogP contribution in [0.15, 0.2) is 24.3 Å². The Labute approximate surface area is 130 Å². The van der Waals surface area contributed by atoms with E-state index in [0.717, 1.165) is 13.0 Å². The molecular weight excluding hydrogens is 280 g/mol. The average molecular weight is 302 g/mol. The second-order valence-corrected chi connectivity index (χ2v) is 5.95. The molecule has 2 heterocycles. The third-order valence-corrected chi connectivity index (χ3v) is 4.52. The van der Waals surface area contributed by atoms with Crippen molar-refractivity contribution in [2.75, 3.05) is 43.0 Å². The highest BCUT2D eigenvalue weighted by Crippen LogP contribution is 2.33. The van der Waals surface area contributed by atoms with Gasteiger partial charge in [0.15, 0.2) is 0 Å². The van der Waals surface area contributed by atoms with Crippen LogP contribution in [0.2, 0.25) is 0 Å². The Morgan fingerprint density at radius 3 is 2.59 bits per heavy atom. The first-order valence-corrected chi connectivity index (χ1v) is 7.73. The highest BCUT2D eigenvalue weighted by molar-refractivity contribution is 6.01. The van der Waals surface area contributed by atoms with Gasteiger partial charge in [-0.15, -0.1) is 0 Å². The number of nitrogens with one attached hydrogen (secondary N) is 1. The van der Waals surface area contributed by atoms with Crippen molar-refractivity contribution in [3.63, 3.8) is 0 Å². The van der Waals surface area contributed by atoms with E-state index >= 15 is 0 Å². The number of urea groups is 1. The minimum atomic E-state index is -0.280. The zero-order valence-electron chi connectivity index (χ0n) is 13.1. The lowest BCUT2D eigenvalue weighted by Gasteiger charge is -2.31. The number of amides is 3. The van der Waals surface area contributed by atoms with E-state index in [-0.39, 0.29) is 18.5 Å². The summed E-state index contributed by atoms with van der Waals surface area (Å²) in [4.78, 5) is 29.3. The van der Waals surface area contributed by atoms with Crippen molar-refractivity contribution in [2.45, 2.75) is 19.4 Å². The van der Waals surface area contributed by atoms with Crippen LogP contribution in [0, 0.1) is 0 Å². The number of rotatable bonds is 3. The lowest BCUT2D eigenvalue weighted by Crippen LogP contribution is -2.42. The molecule has 6 heteroatoms. The Bertz CT molecular complexity index is 573. The highest BCUT2D eigenvalue weighted by atomic mass is 16.2. The molecule has 0 saturated carbocycles. The second-order valence-electron chi connectivity index (χ2n) is 5.95. The van der Waals surface area contributed by atoms with E-state index in [1.165, 1.54) is 16.3 Å². The van der Waals surface area contributed by atoms with Crippen LogP contribution in [0.4, 0.5) is 16.2 Å². The van der Waals surface area contributed by atoms with Crippen LogP contribution in [0.3, 0.4) is 0 Å². The number of nitrogens with zero attached hydrogens (tertiary/aromatic N) is 3. The van der Waals surface area contributed by atoms with Gasteiger partial charge < -0.3 is 15.1 Å². The molecule has 1 fully saturated rings. The maximum Gasteiger partial charge on any atom is 0.324 e. The summed E-state index contributed by atoms with van der Waals surface area (Å²) in [5.74, 6) is -0.141. The summed E-state index contributed by atoms with van der Waals surface area (Å²) in [5, 5.41) is 2.57. The van der Waals surface area contributed by atoms with Crippen molar-refractivity contribution >= 4 is 23.3 Å². The molecule has 2 aliphatic heterocycles. The maximum atomic E-state index is 11.7.